The number of aryl methyl sites for hydroxylation is 1. The van der Waals surface area contributed by atoms with Crippen LogP contribution in [0.5, 0.6) is 0 Å². The molecule has 0 saturated carbocycles. The van der Waals surface area contributed by atoms with E-state index in [2.05, 4.69) is 15.9 Å². The van der Waals surface area contributed by atoms with E-state index in [-0.39, 0.29) is 21.2 Å². The molecule has 0 saturated heterocycles. The average molecular weight is 331 g/mol. The molecule has 0 spiro atoms. The van der Waals surface area contributed by atoms with Gasteiger partial charge in [0.15, 0.2) is 0 Å². The van der Waals surface area contributed by atoms with Crippen molar-refractivity contribution < 1.29 is 18.3 Å². The van der Waals surface area contributed by atoms with E-state index < -0.39 is 23.6 Å². The van der Waals surface area contributed by atoms with Crippen LogP contribution in [0.15, 0.2) is 34.8 Å². The van der Waals surface area contributed by atoms with Gasteiger partial charge in [-0.1, -0.05) is 12.1 Å². The van der Waals surface area contributed by atoms with Gasteiger partial charge in [-0.15, -0.1) is 0 Å². The van der Waals surface area contributed by atoms with Crippen LogP contribution >= 0.6 is 15.9 Å². The quantitative estimate of drug-likeness (QED) is 0.872. The van der Waals surface area contributed by atoms with E-state index in [1.807, 2.05) is 0 Å². The number of benzene rings is 2. The predicted octanol–water partition coefficient (Wildman–Crippen LogP) is 4.26. The molecule has 0 aromatic heterocycles. The zero-order valence-electron chi connectivity index (χ0n) is 9.92. The molecule has 0 heterocycles. The van der Waals surface area contributed by atoms with E-state index in [4.69, 9.17) is 0 Å². The predicted molar refractivity (Wildman–Crippen MR) is 69.3 cm³/mol. The highest BCUT2D eigenvalue weighted by Gasteiger charge is 2.20. The first kappa shape index (κ1) is 14.1. The maximum absolute atomic E-state index is 13.8. The van der Waals surface area contributed by atoms with Crippen LogP contribution in [0, 0.1) is 24.4 Å². The first-order valence-electron chi connectivity index (χ1n) is 5.49. The Morgan fingerprint density at radius 2 is 1.68 bits per heavy atom. The van der Waals surface area contributed by atoms with Crippen molar-refractivity contribution in [1.29, 1.82) is 0 Å². The molecule has 1 nitrogen and oxygen atoms in total. The summed E-state index contributed by atoms with van der Waals surface area (Å²) in [5.74, 6) is -1.94. The zero-order chi connectivity index (χ0) is 14.2. The highest BCUT2D eigenvalue weighted by Crippen LogP contribution is 2.32. The summed E-state index contributed by atoms with van der Waals surface area (Å²) in [4.78, 5) is 0. The van der Waals surface area contributed by atoms with Gasteiger partial charge in [0.1, 0.15) is 23.6 Å². The van der Waals surface area contributed by atoms with Gasteiger partial charge in [0.05, 0.1) is 4.47 Å². The molecular formula is C14H10BrF3O. The van der Waals surface area contributed by atoms with Crippen LogP contribution in [-0.2, 0) is 0 Å². The molecule has 0 amide bonds. The Morgan fingerprint density at radius 3 is 2.37 bits per heavy atom. The third-order valence-electron chi connectivity index (χ3n) is 2.85. The van der Waals surface area contributed by atoms with E-state index in [0.29, 0.717) is 0 Å². The lowest BCUT2D eigenvalue weighted by molar-refractivity contribution is 0.213. The summed E-state index contributed by atoms with van der Waals surface area (Å²) in [5, 5.41) is 10.1. The Kier molecular flexibility index (Phi) is 3.96. The number of hydrogen-bond acceptors (Lipinski definition) is 1. The van der Waals surface area contributed by atoms with Crippen molar-refractivity contribution in [2.45, 2.75) is 13.0 Å². The summed E-state index contributed by atoms with van der Waals surface area (Å²) in [6.45, 7) is 1.42. The first-order chi connectivity index (χ1) is 8.91. The molecular weight excluding hydrogens is 321 g/mol. The van der Waals surface area contributed by atoms with Gasteiger partial charge in [-0.3, -0.25) is 0 Å². The van der Waals surface area contributed by atoms with Crippen LogP contribution < -0.4 is 0 Å². The Hall–Kier alpha value is -1.33. The van der Waals surface area contributed by atoms with Crippen LogP contribution in [0.25, 0.3) is 0 Å². The summed E-state index contributed by atoms with van der Waals surface area (Å²) in [5.41, 5.74) is 0.0586. The molecule has 0 bridgehead atoms. The van der Waals surface area contributed by atoms with Gasteiger partial charge in [0.2, 0.25) is 0 Å². The van der Waals surface area contributed by atoms with Crippen molar-refractivity contribution in [3.05, 3.63) is 68.9 Å². The van der Waals surface area contributed by atoms with E-state index >= 15 is 0 Å². The Bertz CT molecular complexity index is 628. The summed E-state index contributed by atoms with van der Waals surface area (Å²) in [6.07, 6.45) is -1.44. The lowest BCUT2D eigenvalue weighted by Crippen LogP contribution is -2.06. The van der Waals surface area contributed by atoms with Gasteiger partial charge >= 0.3 is 0 Å². The third kappa shape index (κ3) is 2.67. The average Bonchev–Trinajstić information content (AvgIpc) is 2.36. The van der Waals surface area contributed by atoms with Gasteiger partial charge in [0, 0.05) is 11.1 Å². The van der Waals surface area contributed by atoms with Crippen LogP contribution in [0.3, 0.4) is 0 Å². The molecule has 5 heteroatoms. The number of hydrogen-bond donors (Lipinski definition) is 1. The molecule has 2 aromatic rings. The molecule has 0 fully saturated rings. The second-order valence-corrected chi connectivity index (χ2v) is 4.96. The zero-order valence-corrected chi connectivity index (χ0v) is 11.5. The normalized spacial score (nSPS) is 12.5. The minimum atomic E-state index is -1.44. The van der Waals surface area contributed by atoms with Crippen molar-refractivity contribution in [3.8, 4) is 0 Å². The number of aliphatic hydroxyl groups is 1. The summed E-state index contributed by atoms with van der Waals surface area (Å²) >= 11 is 2.98. The fourth-order valence-electron chi connectivity index (χ4n) is 1.77. The van der Waals surface area contributed by atoms with Crippen molar-refractivity contribution in [2.75, 3.05) is 0 Å². The van der Waals surface area contributed by atoms with Crippen molar-refractivity contribution in [1.82, 2.24) is 0 Å². The van der Waals surface area contributed by atoms with E-state index in [0.717, 1.165) is 12.1 Å². The molecule has 2 rings (SSSR count). The fraction of sp³-hybridized carbons (Fsp3) is 0.143. The van der Waals surface area contributed by atoms with Crippen molar-refractivity contribution >= 4 is 15.9 Å². The Balaban J connectivity index is 2.53. The molecule has 0 radical (unpaired) electrons. The molecule has 1 unspecified atom stereocenters. The molecule has 19 heavy (non-hydrogen) atoms. The SMILES string of the molecule is Cc1cc(F)c(C(O)c2cccc(F)c2Br)cc1F. The van der Waals surface area contributed by atoms with Crippen LogP contribution in [0.2, 0.25) is 0 Å². The second-order valence-electron chi connectivity index (χ2n) is 4.17. The van der Waals surface area contributed by atoms with Gasteiger partial charge in [-0.25, -0.2) is 13.2 Å². The number of rotatable bonds is 2. The lowest BCUT2D eigenvalue weighted by atomic mass is 9.99. The van der Waals surface area contributed by atoms with Crippen LogP contribution in [-0.4, -0.2) is 5.11 Å². The largest absolute Gasteiger partial charge is 0.384 e. The molecule has 100 valence electrons. The highest BCUT2D eigenvalue weighted by molar-refractivity contribution is 9.10. The van der Waals surface area contributed by atoms with Gasteiger partial charge in [-0.05, 0) is 46.6 Å². The number of halogens is 4. The van der Waals surface area contributed by atoms with E-state index in [9.17, 15) is 18.3 Å². The van der Waals surface area contributed by atoms with Gasteiger partial charge < -0.3 is 5.11 Å². The fourth-order valence-corrected chi connectivity index (χ4v) is 2.25. The summed E-state index contributed by atoms with van der Waals surface area (Å²) in [7, 11) is 0. The summed E-state index contributed by atoms with van der Waals surface area (Å²) in [6, 6.07) is 5.95. The topological polar surface area (TPSA) is 20.2 Å². The Labute approximate surface area is 116 Å². The lowest BCUT2D eigenvalue weighted by Gasteiger charge is -2.15. The molecule has 0 aliphatic carbocycles. The standard InChI is InChI=1S/C14H10BrF3O/c1-7-5-12(18)9(6-11(7)17)14(19)8-3-2-4-10(16)13(8)15/h2-6,14,19H,1H3. The molecule has 1 atom stereocenters. The minimum absolute atomic E-state index is 0.0304. The van der Waals surface area contributed by atoms with E-state index in [1.165, 1.54) is 25.1 Å². The molecule has 0 aliphatic rings. The second kappa shape index (κ2) is 5.35. The minimum Gasteiger partial charge on any atom is -0.384 e. The highest BCUT2D eigenvalue weighted by atomic mass is 79.9. The monoisotopic (exact) mass is 330 g/mol. The maximum Gasteiger partial charge on any atom is 0.137 e. The smallest absolute Gasteiger partial charge is 0.137 e. The summed E-state index contributed by atoms with van der Waals surface area (Å²) < 4.78 is 40.6. The first-order valence-corrected chi connectivity index (χ1v) is 6.28. The van der Waals surface area contributed by atoms with Crippen molar-refractivity contribution in [2.24, 2.45) is 0 Å². The molecule has 2 aromatic carbocycles. The van der Waals surface area contributed by atoms with Gasteiger partial charge in [-0.2, -0.15) is 0 Å². The van der Waals surface area contributed by atoms with E-state index in [1.54, 1.807) is 0 Å². The molecule has 1 N–H and O–H groups in total. The maximum atomic E-state index is 13.8. The Morgan fingerprint density at radius 1 is 1.00 bits per heavy atom. The van der Waals surface area contributed by atoms with Crippen LogP contribution in [0.4, 0.5) is 13.2 Å². The third-order valence-corrected chi connectivity index (χ3v) is 3.69. The van der Waals surface area contributed by atoms with Gasteiger partial charge in [0.25, 0.3) is 0 Å². The number of aliphatic hydroxyl groups excluding tert-OH is 1. The van der Waals surface area contributed by atoms with Crippen LogP contribution in [0.1, 0.15) is 22.8 Å². The molecule has 0 aliphatic heterocycles. The van der Waals surface area contributed by atoms with Crippen molar-refractivity contribution in [3.63, 3.8) is 0 Å².